The van der Waals surface area contributed by atoms with E-state index < -0.39 is 30.4 Å². The zero-order valence-corrected chi connectivity index (χ0v) is 11.5. The molecule has 0 saturated carbocycles. The number of aldehydes is 1. The molecular weight excluding hydrogens is 280 g/mol. The van der Waals surface area contributed by atoms with Crippen LogP contribution in [0.5, 0.6) is 0 Å². The van der Waals surface area contributed by atoms with Gasteiger partial charge in [0.25, 0.3) is 0 Å². The van der Waals surface area contributed by atoms with Gasteiger partial charge in [-0.1, -0.05) is 30.3 Å². The van der Waals surface area contributed by atoms with E-state index in [0.717, 1.165) is 12.7 Å². The highest BCUT2D eigenvalue weighted by molar-refractivity contribution is 5.75. The molecule has 4 atom stereocenters. The summed E-state index contributed by atoms with van der Waals surface area (Å²) in [5.41, 5.74) is 0.736. The Labute approximate surface area is 121 Å². The highest BCUT2D eigenvalue weighted by atomic mass is 16.5. The standard InChI is InChI=1S/C14H18O7/c1-20-14(19)12(18)11(17)13(10(16)7-15)21-8-9-5-3-2-4-6-9/h2-7,10-13,16-18H,8H2,1H3/t10-,11+,12+,13+/m0/s1. The van der Waals surface area contributed by atoms with Crippen molar-refractivity contribution in [3.63, 3.8) is 0 Å². The predicted molar refractivity (Wildman–Crippen MR) is 71.1 cm³/mol. The van der Waals surface area contributed by atoms with Crippen LogP contribution < -0.4 is 0 Å². The summed E-state index contributed by atoms with van der Waals surface area (Å²) < 4.78 is 9.54. The van der Waals surface area contributed by atoms with E-state index in [-0.39, 0.29) is 12.9 Å². The maximum atomic E-state index is 11.2. The minimum atomic E-state index is -1.93. The second kappa shape index (κ2) is 8.48. The first kappa shape index (κ1) is 17.3. The maximum Gasteiger partial charge on any atom is 0.337 e. The normalized spacial score (nSPS) is 16.6. The number of carbonyl (C=O) groups excluding carboxylic acids is 2. The van der Waals surface area contributed by atoms with Crippen LogP contribution in [0.2, 0.25) is 0 Å². The third-order valence-electron chi connectivity index (χ3n) is 2.86. The van der Waals surface area contributed by atoms with E-state index in [4.69, 9.17) is 4.74 Å². The quantitative estimate of drug-likeness (QED) is 0.418. The van der Waals surface area contributed by atoms with E-state index in [9.17, 15) is 24.9 Å². The van der Waals surface area contributed by atoms with E-state index in [1.807, 2.05) is 0 Å². The zero-order valence-electron chi connectivity index (χ0n) is 11.5. The molecule has 0 bridgehead atoms. The second-order valence-corrected chi connectivity index (χ2v) is 4.35. The van der Waals surface area contributed by atoms with Gasteiger partial charge in [-0.15, -0.1) is 0 Å². The van der Waals surface area contributed by atoms with E-state index in [2.05, 4.69) is 4.74 Å². The molecule has 3 N–H and O–H groups in total. The Bertz CT molecular complexity index is 448. The van der Waals surface area contributed by atoms with Crippen LogP contribution in [0.3, 0.4) is 0 Å². The SMILES string of the molecule is COC(=O)[C@H](O)[C@@H](O)[C@H](OCc1ccccc1)[C@@H](O)C=O. The first-order valence-electron chi connectivity index (χ1n) is 6.24. The van der Waals surface area contributed by atoms with Crippen LogP contribution in [0.15, 0.2) is 30.3 Å². The Balaban J connectivity index is 2.75. The monoisotopic (exact) mass is 298 g/mol. The minimum absolute atomic E-state index is 0.0125. The Kier molecular flexibility index (Phi) is 6.97. The number of methoxy groups -OCH3 is 1. The number of esters is 1. The lowest BCUT2D eigenvalue weighted by Gasteiger charge is -2.27. The van der Waals surface area contributed by atoms with Crippen molar-refractivity contribution in [1.29, 1.82) is 0 Å². The Morgan fingerprint density at radius 3 is 2.38 bits per heavy atom. The lowest BCUT2D eigenvalue weighted by atomic mass is 10.0. The molecule has 7 nitrogen and oxygen atoms in total. The van der Waals surface area contributed by atoms with Gasteiger partial charge in [-0.3, -0.25) is 0 Å². The highest BCUT2D eigenvalue weighted by Gasteiger charge is 2.37. The molecule has 0 heterocycles. The number of benzene rings is 1. The van der Waals surface area contributed by atoms with Gasteiger partial charge >= 0.3 is 5.97 Å². The number of aliphatic hydroxyl groups excluding tert-OH is 3. The smallest absolute Gasteiger partial charge is 0.337 e. The first-order valence-corrected chi connectivity index (χ1v) is 6.24. The molecular formula is C14H18O7. The highest BCUT2D eigenvalue weighted by Crippen LogP contribution is 2.13. The van der Waals surface area contributed by atoms with Gasteiger partial charge in [0.15, 0.2) is 12.4 Å². The number of hydrogen-bond donors (Lipinski definition) is 3. The predicted octanol–water partition coefficient (Wildman–Crippen LogP) is -0.974. The van der Waals surface area contributed by atoms with Gasteiger partial charge in [0, 0.05) is 0 Å². The number of ether oxygens (including phenoxy) is 2. The van der Waals surface area contributed by atoms with E-state index in [1.54, 1.807) is 30.3 Å². The second-order valence-electron chi connectivity index (χ2n) is 4.35. The fourth-order valence-electron chi connectivity index (χ4n) is 1.68. The molecule has 0 amide bonds. The van der Waals surface area contributed by atoms with Gasteiger partial charge < -0.3 is 29.6 Å². The summed E-state index contributed by atoms with van der Waals surface area (Å²) in [6.45, 7) is -0.0125. The molecule has 1 aromatic carbocycles. The van der Waals surface area contributed by atoms with Crippen LogP contribution in [0.25, 0.3) is 0 Å². The van der Waals surface area contributed by atoms with Crippen molar-refractivity contribution >= 4 is 12.3 Å². The van der Waals surface area contributed by atoms with Gasteiger partial charge in [0.2, 0.25) is 0 Å². The van der Waals surface area contributed by atoms with Crippen molar-refractivity contribution in [2.75, 3.05) is 7.11 Å². The van der Waals surface area contributed by atoms with Crippen LogP contribution in [-0.4, -0.2) is 59.1 Å². The van der Waals surface area contributed by atoms with Crippen molar-refractivity contribution in [3.8, 4) is 0 Å². The van der Waals surface area contributed by atoms with Crippen molar-refractivity contribution in [2.24, 2.45) is 0 Å². The summed E-state index contributed by atoms with van der Waals surface area (Å²) >= 11 is 0. The van der Waals surface area contributed by atoms with Gasteiger partial charge in [0.05, 0.1) is 13.7 Å². The zero-order chi connectivity index (χ0) is 15.8. The molecule has 0 fully saturated rings. The van der Waals surface area contributed by atoms with E-state index >= 15 is 0 Å². The van der Waals surface area contributed by atoms with Gasteiger partial charge in [-0.05, 0) is 5.56 Å². The molecule has 7 heteroatoms. The van der Waals surface area contributed by atoms with Crippen LogP contribution in [0.1, 0.15) is 5.56 Å². The summed E-state index contributed by atoms with van der Waals surface area (Å²) in [5, 5.41) is 29.0. The van der Waals surface area contributed by atoms with Crippen LogP contribution >= 0.6 is 0 Å². The fourth-order valence-corrected chi connectivity index (χ4v) is 1.68. The summed E-state index contributed by atoms with van der Waals surface area (Å²) in [5.74, 6) is -1.09. The molecule has 0 spiro atoms. The summed E-state index contributed by atoms with van der Waals surface area (Å²) in [4.78, 5) is 21.9. The minimum Gasteiger partial charge on any atom is -0.467 e. The molecule has 0 aromatic heterocycles. The molecule has 0 saturated heterocycles. The molecule has 21 heavy (non-hydrogen) atoms. The van der Waals surface area contributed by atoms with Crippen molar-refractivity contribution in [3.05, 3.63) is 35.9 Å². The average molecular weight is 298 g/mol. The fraction of sp³-hybridized carbons (Fsp3) is 0.429. The topological polar surface area (TPSA) is 113 Å². The molecule has 1 aromatic rings. The van der Waals surface area contributed by atoms with Gasteiger partial charge in [-0.2, -0.15) is 0 Å². The molecule has 0 unspecified atom stereocenters. The Morgan fingerprint density at radius 2 is 1.86 bits per heavy atom. The maximum absolute atomic E-state index is 11.2. The van der Waals surface area contributed by atoms with Crippen LogP contribution in [-0.2, 0) is 25.7 Å². The molecule has 1 rings (SSSR count). The summed E-state index contributed by atoms with van der Waals surface area (Å²) in [7, 11) is 1.04. The number of hydrogen-bond acceptors (Lipinski definition) is 7. The van der Waals surface area contributed by atoms with Crippen molar-refractivity contribution < 1.29 is 34.4 Å². The largest absolute Gasteiger partial charge is 0.467 e. The van der Waals surface area contributed by atoms with Crippen LogP contribution in [0.4, 0.5) is 0 Å². The molecule has 0 aliphatic carbocycles. The van der Waals surface area contributed by atoms with Gasteiger partial charge in [-0.25, -0.2) is 4.79 Å². The third kappa shape index (κ3) is 4.91. The molecule has 0 aliphatic rings. The summed E-state index contributed by atoms with van der Waals surface area (Å²) in [6.07, 6.45) is -6.73. The molecule has 0 aliphatic heterocycles. The Hall–Kier alpha value is -1.80. The van der Waals surface area contributed by atoms with Gasteiger partial charge in [0.1, 0.15) is 18.3 Å². The number of aliphatic hydroxyl groups is 3. The van der Waals surface area contributed by atoms with Crippen molar-refractivity contribution in [2.45, 2.75) is 31.0 Å². The number of carbonyl (C=O) groups is 2. The average Bonchev–Trinajstić information content (AvgIpc) is 2.53. The third-order valence-corrected chi connectivity index (χ3v) is 2.86. The van der Waals surface area contributed by atoms with E-state index in [0.29, 0.717) is 0 Å². The van der Waals surface area contributed by atoms with E-state index in [1.165, 1.54) is 0 Å². The lowest BCUT2D eigenvalue weighted by molar-refractivity contribution is -0.173. The Morgan fingerprint density at radius 1 is 1.24 bits per heavy atom. The summed E-state index contributed by atoms with van der Waals surface area (Å²) in [6, 6.07) is 8.82. The van der Waals surface area contributed by atoms with Crippen LogP contribution in [0, 0.1) is 0 Å². The number of rotatable bonds is 8. The van der Waals surface area contributed by atoms with Crippen molar-refractivity contribution in [1.82, 2.24) is 0 Å². The molecule has 116 valence electrons. The first-order chi connectivity index (χ1) is 10.0. The lowest BCUT2D eigenvalue weighted by Crippen LogP contribution is -2.49. The molecule has 0 radical (unpaired) electrons.